The topological polar surface area (TPSA) is 66.8 Å². The molecule has 0 atom stereocenters. The Labute approximate surface area is 177 Å². The minimum atomic E-state index is -0.422. The van der Waals surface area contributed by atoms with E-state index < -0.39 is 5.97 Å². The summed E-state index contributed by atoms with van der Waals surface area (Å²) in [7, 11) is 4.05. The zero-order valence-electron chi connectivity index (χ0n) is 18.1. The summed E-state index contributed by atoms with van der Waals surface area (Å²) in [6.07, 6.45) is 8.90. The van der Waals surface area contributed by atoms with E-state index in [2.05, 4.69) is 10.2 Å². The number of para-hydroxylation sites is 1. The van der Waals surface area contributed by atoms with Crippen LogP contribution in [0.5, 0.6) is 0 Å². The lowest BCUT2D eigenvalue weighted by atomic mass is 10.1. The Morgan fingerprint density at radius 1 is 1.23 bits per heavy atom. The number of esters is 1. The van der Waals surface area contributed by atoms with Gasteiger partial charge in [-0.25, -0.2) is 9.59 Å². The first-order valence-corrected chi connectivity index (χ1v) is 10.2. The summed E-state index contributed by atoms with van der Waals surface area (Å²) in [5, 5.41) is 3.74. The molecule has 2 heterocycles. The lowest BCUT2D eigenvalue weighted by molar-refractivity contribution is -0.139. The van der Waals surface area contributed by atoms with Gasteiger partial charge in [-0.15, -0.1) is 0 Å². The average Bonchev–Trinajstić information content (AvgIpc) is 3.11. The molecule has 2 aromatic rings. The molecule has 0 radical (unpaired) electrons. The van der Waals surface area contributed by atoms with Crippen molar-refractivity contribution in [3.05, 3.63) is 60.1 Å². The lowest BCUT2D eigenvalue weighted by Gasteiger charge is -2.24. The molecule has 0 spiro atoms. The molecule has 0 unspecified atom stereocenters. The number of amides is 1. The summed E-state index contributed by atoms with van der Waals surface area (Å²) in [6.45, 7) is 4.80. The van der Waals surface area contributed by atoms with Crippen molar-refractivity contribution in [2.75, 3.05) is 27.4 Å². The van der Waals surface area contributed by atoms with Gasteiger partial charge in [0.25, 0.3) is 0 Å². The number of ether oxygens (including phenoxy) is 1. The Morgan fingerprint density at radius 2 is 2.00 bits per heavy atom. The third kappa shape index (κ3) is 5.10. The molecular formula is C23H30N4O3. The van der Waals surface area contributed by atoms with Gasteiger partial charge in [-0.3, -0.25) is 4.57 Å². The van der Waals surface area contributed by atoms with Gasteiger partial charge >= 0.3 is 12.0 Å². The molecule has 1 aliphatic heterocycles. The van der Waals surface area contributed by atoms with E-state index in [4.69, 9.17) is 4.74 Å². The summed E-state index contributed by atoms with van der Waals surface area (Å²) < 4.78 is 6.86. The second-order valence-electron chi connectivity index (χ2n) is 7.94. The van der Waals surface area contributed by atoms with Crippen LogP contribution < -0.4 is 5.32 Å². The number of carbonyl (C=O) groups is 2. The van der Waals surface area contributed by atoms with Crippen molar-refractivity contribution in [3.8, 4) is 0 Å². The number of rotatable bonds is 7. The summed E-state index contributed by atoms with van der Waals surface area (Å²) in [4.78, 5) is 29.1. The first kappa shape index (κ1) is 21.6. The summed E-state index contributed by atoms with van der Waals surface area (Å²) in [5.41, 5.74) is 2.51. The standard InChI is InChI=1S/C23H30N4O3/c1-17(2)26-12-7-8-19(14-26)22(28)30-16-24-23(29)27-15-18(11-13-25(3)4)20-9-5-6-10-21(20)27/h5-7,9-10,12,14-15,17H,8,11,13,16H2,1-4H3,(H,24,29). The minimum Gasteiger partial charge on any atom is -0.441 e. The van der Waals surface area contributed by atoms with Crippen LogP contribution in [-0.4, -0.2) is 59.8 Å². The Hall–Kier alpha value is -3.06. The Kier molecular flexibility index (Phi) is 6.95. The number of hydrogen-bond donors (Lipinski definition) is 1. The second kappa shape index (κ2) is 9.63. The van der Waals surface area contributed by atoms with Crippen LogP contribution >= 0.6 is 0 Å². The number of carbonyl (C=O) groups excluding carboxylic acids is 2. The van der Waals surface area contributed by atoms with Gasteiger partial charge in [-0.1, -0.05) is 24.3 Å². The van der Waals surface area contributed by atoms with Gasteiger partial charge in [0.15, 0.2) is 6.73 Å². The quantitative estimate of drug-likeness (QED) is 0.560. The van der Waals surface area contributed by atoms with Gasteiger partial charge in [0.1, 0.15) is 0 Å². The second-order valence-corrected chi connectivity index (χ2v) is 7.94. The molecule has 160 valence electrons. The Balaban J connectivity index is 1.63. The lowest BCUT2D eigenvalue weighted by Crippen LogP contribution is -2.32. The van der Waals surface area contributed by atoms with Gasteiger partial charge in [-0.2, -0.15) is 0 Å². The number of hydrogen-bond acceptors (Lipinski definition) is 5. The number of fused-ring (bicyclic) bond motifs is 1. The molecule has 0 bridgehead atoms. The highest BCUT2D eigenvalue weighted by Gasteiger charge is 2.17. The fourth-order valence-corrected chi connectivity index (χ4v) is 3.34. The predicted octanol–water partition coefficient (Wildman–Crippen LogP) is 3.32. The first-order valence-electron chi connectivity index (χ1n) is 10.2. The monoisotopic (exact) mass is 410 g/mol. The molecule has 3 rings (SSSR count). The van der Waals surface area contributed by atoms with Crippen molar-refractivity contribution >= 4 is 22.9 Å². The molecule has 0 fully saturated rings. The van der Waals surface area contributed by atoms with Crippen LogP contribution in [0, 0.1) is 0 Å². The highest BCUT2D eigenvalue weighted by molar-refractivity contribution is 5.94. The Bertz CT molecular complexity index is 972. The molecule has 1 aliphatic rings. The number of nitrogens with one attached hydrogen (secondary N) is 1. The molecule has 1 aromatic heterocycles. The molecule has 7 nitrogen and oxygen atoms in total. The molecule has 0 aliphatic carbocycles. The number of likely N-dealkylation sites (N-methyl/N-ethyl adjacent to an activating group) is 1. The van der Waals surface area contributed by atoms with E-state index in [1.54, 1.807) is 10.8 Å². The van der Waals surface area contributed by atoms with Crippen LogP contribution in [0.4, 0.5) is 4.79 Å². The maximum Gasteiger partial charge on any atom is 0.337 e. The smallest absolute Gasteiger partial charge is 0.337 e. The average molecular weight is 411 g/mol. The zero-order valence-corrected chi connectivity index (χ0v) is 18.1. The van der Waals surface area contributed by atoms with Crippen LogP contribution in [0.15, 0.2) is 54.5 Å². The van der Waals surface area contributed by atoms with E-state index in [1.165, 1.54) is 0 Å². The van der Waals surface area contributed by atoms with Gasteiger partial charge in [0.05, 0.1) is 11.1 Å². The predicted molar refractivity (Wildman–Crippen MR) is 118 cm³/mol. The first-order chi connectivity index (χ1) is 14.4. The Morgan fingerprint density at radius 3 is 2.73 bits per heavy atom. The highest BCUT2D eigenvalue weighted by atomic mass is 16.5. The van der Waals surface area contributed by atoms with Crippen LogP contribution in [0.2, 0.25) is 0 Å². The van der Waals surface area contributed by atoms with Gasteiger partial charge in [-0.05, 0) is 46.0 Å². The number of allylic oxidation sites excluding steroid dienone is 1. The van der Waals surface area contributed by atoms with E-state index in [1.807, 2.05) is 75.6 Å². The van der Waals surface area contributed by atoms with E-state index in [-0.39, 0.29) is 18.8 Å². The van der Waals surface area contributed by atoms with Crippen LogP contribution in [0.25, 0.3) is 10.9 Å². The fourth-order valence-electron chi connectivity index (χ4n) is 3.34. The fraction of sp³-hybridized carbons (Fsp3) is 0.391. The van der Waals surface area contributed by atoms with E-state index in [0.717, 1.165) is 29.4 Å². The van der Waals surface area contributed by atoms with Crippen LogP contribution in [0.3, 0.4) is 0 Å². The summed E-state index contributed by atoms with van der Waals surface area (Å²) >= 11 is 0. The van der Waals surface area contributed by atoms with E-state index in [0.29, 0.717) is 12.0 Å². The third-order valence-electron chi connectivity index (χ3n) is 5.05. The molecule has 1 aromatic carbocycles. The molecular weight excluding hydrogens is 380 g/mol. The van der Waals surface area contributed by atoms with Crippen LogP contribution in [-0.2, 0) is 16.0 Å². The maximum absolute atomic E-state index is 12.7. The molecule has 1 N–H and O–H groups in total. The van der Waals surface area contributed by atoms with Crippen molar-refractivity contribution in [3.63, 3.8) is 0 Å². The van der Waals surface area contributed by atoms with Crippen molar-refractivity contribution in [2.24, 2.45) is 0 Å². The van der Waals surface area contributed by atoms with Crippen molar-refractivity contribution in [1.29, 1.82) is 0 Å². The van der Waals surface area contributed by atoms with E-state index >= 15 is 0 Å². The van der Waals surface area contributed by atoms with E-state index in [9.17, 15) is 9.59 Å². The SMILES string of the molecule is CC(C)N1C=CCC(C(=O)OCNC(=O)n2cc(CCN(C)C)c3ccccc32)=C1. The van der Waals surface area contributed by atoms with Gasteiger partial charge < -0.3 is 19.9 Å². The van der Waals surface area contributed by atoms with Gasteiger partial charge in [0.2, 0.25) is 0 Å². The summed E-state index contributed by atoms with van der Waals surface area (Å²) in [5.74, 6) is -0.422. The maximum atomic E-state index is 12.7. The number of benzene rings is 1. The zero-order chi connectivity index (χ0) is 21.7. The minimum absolute atomic E-state index is 0.181. The van der Waals surface area contributed by atoms with Crippen molar-refractivity contribution in [2.45, 2.75) is 32.7 Å². The highest BCUT2D eigenvalue weighted by Crippen LogP contribution is 2.22. The molecule has 7 heteroatoms. The number of nitrogens with zero attached hydrogens (tertiary/aromatic N) is 3. The molecule has 1 amide bonds. The van der Waals surface area contributed by atoms with Crippen LogP contribution in [0.1, 0.15) is 25.8 Å². The molecule has 0 saturated carbocycles. The van der Waals surface area contributed by atoms with Crippen molar-refractivity contribution in [1.82, 2.24) is 19.7 Å². The molecule has 0 saturated heterocycles. The van der Waals surface area contributed by atoms with Crippen molar-refractivity contribution < 1.29 is 14.3 Å². The third-order valence-corrected chi connectivity index (χ3v) is 5.05. The summed E-state index contributed by atoms with van der Waals surface area (Å²) in [6, 6.07) is 7.75. The molecule has 30 heavy (non-hydrogen) atoms. The number of aromatic nitrogens is 1. The normalized spacial score (nSPS) is 13.8. The van der Waals surface area contributed by atoms with Gasteiger partial charge in [0, 0.05) is 43.0 Å². The largest absolute Gasteiger partial charge is 0.441 e.